The van der Waals surface area contributed by atoms with Crippen LogP contribution < -0.4 is 0 Å². The molecule has 0 rings (SSSR count). The molecule has 208 valence electrons. The van der Waals surface area contributed by atoms with Crippen LogP contribution in [-0.4, -0.2) is 96.2 Å². The van der Waals surface area contributed by atoms with E-state index in [1.807, 2.05) is 0 Å². The third-order valence-electron chi connectivity index (χ3n) is 4.94. The molecular weight excluding hydrogens is 514 g/mol. The molecule has 0 saturated heterocycles. The first-order valence-electron chi connectivity index (χ1n) is 12.8. The van der Waals surface area contributed by atoms with Gasteiger partial charge in [-0.2, -0.15) is 16.8 Å². The molecule has 0 aromatic rings. The summed E-state index contributed by atoms with van der Waals surface area (Å²) in [5.41, 5.74) is 0. The molecule has 0 radical (unpaired) electrons. The van der Waals surface area contributed by atoms with Gasteiger partial charge in [0.15, 0.2) is 0 Å². The molecule has 0 bridgehead atoms. The van der Waals surface area contributed by atoms with Crippen LogP contribution in [0.5, 0.6) is 0 Å². The van der Waals surface area contributed by atoms with E-state index in [1.165, 1.54) is 103 Å². The molecule has 0 atom stereocenters. The molecule has 8 nitrogen and oxygen atoms in total. The van der Waals surface area contributed by atoms with Crippen molar-refractivity contribution < 1.29 is 34.7 Å². The Balaban J connectivity index is -0.000000210. The zero-order valence-corrected chi connectivity index (χ0v) is 23.0. The first-order chi connectivity index (χ1) is 15.5. The van der Waals surface area contributed by atoms with Gasteiger partial charge >= 0.3 is 79.9 Å². The van der Waals surface area contributed by atoms with Gasteiger partial charge in [-0.1, -0.05) is 136 Å². The van der Waals surface area contributed by atoms with E-state index in [0.717, 1.165) is 12.8 Å². The molecule has 3 N–H and O–H groups in total. The van der Waals surface area contributed by atoms with Gasteiger partial charge in [-0.05, 0) is 6.42 Å². The van der Waals surface area contributed by atoms with Crippen molar-refractivity contribution in [3.63, 3.8) is 0 Å². The summed E-state index contributed by atoms with van der Waals surface area (Å²) in [5, 5.41) is 0. The van der Waals surface area contributed by atoms with Gasteiger partial charge in [0.05, 0.1) is 6.61 Å². The van der Waals surface area contributed by atoms with Gasteiger partial charge in [-0.15, -0.1) is 0 Å². The first-order valence-corrected chi connectivity index (χ1v) is 15.6. The van der Waals surface area contributed by atoms with Crippen molar-refractivity contribution in [2.75, 3.05) is 6.61 Å². The van der Waals surface area contributed by atoms with Crippen molar-refractivity contribution in [3.8, 4) is 0 Å². The number of rotatable bonds is 20. The molecule has 0 spiro atoms. The second kappa shape index (κ2) is 35.7. The van der Waals surface area contributed by atoms with E-state index in [4.69, 9.17) is 22.1 Å². The summed E-state index contributed by atoms with van der Waals surface area (Å²) in [4.78, 5) is 0. The van der Waals surface area contributed by atoms with Crippen molar-refractivity contribution in [1.29, 1.82) is 0 Å². The van der Waals surface area contributed by atoms with E-state index in [2.05, 4.69) is 25.0 Å². The fourth-order valence-electron chi connectivity index (χ4n) is 3.17. The Morgan fingerprint density at radius 2 is 0.686 bits per heavy atom. The van der Waals surface area contributed by atoms with Crippen LogP contribution >= 0.6 is 0 Å². The van der Waals surface area contributed by atoms with Crippen LogP contribution in [0.15, 0.2) is 0 Å². The SMILES string of the molecule is CCCCC.CCCCCCCCCCCCCCCCCCOS(=O)(=O)O.O=S(=O)(O)O.[NaH].[NaH]. The summed E-state index contributed by atoms with van der Waals surface area (Å²) in [6, 6.07) is 0. The standard InChI is InChI=1S/C18H38O4S.C5H12.2Na.H2O4S.2H/c1-2-3-4-5-6-7-8-9-10-11-12-13-14-15-16-17-18-22-23(19,20)21;1-3-5-4-2;;;1-5(2,3)4;;/h2-18H2,1H3,(H,19,20,21);3-5H2,1-2H3;;;(H2,1,2,3,4);;. The van der Waals surface area contributed by atoms with E-state index in [0.29, 0.717) is 6.42 Å². The summed E-state index contributed by atoms with van der Waals surface area (Å²) in [7, 11) is -8.91. The van der Waals surface area contributed by atoms with Crippen molar-refractivity contribution in [1.82, 2.24) is 0 Å². The first kappa shape index (κ1) is 46.6. The van der Waals surface area contributed by atoms with Crippen LogP contribution in [0.2, 0.25) is 0 Å². The Morgan fingerprint density at radius 3 is 0.886 bits per heavy atom. The van der Waals surface area contributed by atoms with Gasteiger partial charge in [0.1, 0.15) is 0 Å². The van der Waals surface area contributed by atoms with Crippen LogP contribution in [0.25, 0.3) is 0 Å². The topological polar surface area (TPSA) is 138 Å². The second-order valence-electron chi connectivity index (χ2n) is 8.35. The van der Waals surface area contributed by atoms with E-state index < -0.39 is 20.8 Å². The molecule has 12 heteroatoms. The van der Waals surface area contributed by atoms with Gasteiger partial charge in [-0.3, -0.25) is 13.7 Å². The maximum absolute atomic E-state index is 10.3. The van der Waals surface area contributed by atoms with Gasteiger partial charge in [-0.25, -0.2) is 4.18 Å². The van der Waals surface area contributed by atoms with E-state index in [-0.39, 0.29) is 65.7 Å². The molecule has 0 saturated carbocycles. The molecule has 0 unspecified atom stereocenters. The predicted molar refractivity (Wildman–Crippen MR) is 151 cm³/mol. The molecule has 35 heavy (non-hydrogen) atoms. The van der Waals surface area contributed by atoms with Crippen molar-refractivity contribution in [2.24, 2.45) is 0 Å². The summed E-state index contributed by atoms with van der Waals surface area (Å²) in [6.45, 7) is 6.78. The average Bonchev–Trinajstić information content (AvgIpc) is 2.69. The third kappa shape index (κ3) is 72.2. The fraction of sp³-hybridized carbons (Fsp3) is 1.00. The molecule has 0 aromatic heterocycles. The zero-order valence-electron chi connectivity index (χ0n) is 21.3. The van der Waals surface area contributed by atoms with E-state index >= 15 is 0 Å². The Hall–Kier alpha value is 1.74. The minimum absolute atomic E-state index is 0. The van der Waals surface area contributed by atoms with Crippen LogP contribution in [0.1, 0.15) is 143 Å². The molecule has 0 fully saturated rings. The molecular formula is C23H54Na2O8S2. The average molecular weight is 569 g/mol. The number of unbranched alkanes of at least 4 members (excludes halogenated alkanes) is 17. The number of hydrogen-bond donors (Lipinski definition) is 3. The van der Waals surface area contributed by atoms with Crippen LogP contribution in [-0.2, 0) is 25.0 Å². The van der Waals surface area contributed by atoms with E-state index in [1.54, 1.807) is 0 Å². The Bertz CT molecular complexity index is 564. The van der Waals surface area contributed by atoms with Crippen LogP contribution in [0.4, 0.5) is 0 Å². The summed E-state index contributed by atoms with van der Waals surface area (Å²) < 4.78 is 64.9. The van der Waals surface area contributed by atoms with Crippen LogP contribution in [0.3, 0.4) is 0 Å². The van der Waals surface area contributed by atoms with Crippen molar-refractivity contribution in [2.45, 2.75) is 143 Å². The fourth-order valence-corrected chi connectivity index (χ4v) is 3.50. The Morgan fingerprint density at radius 1 is 0.457 bits per heavy atom. The van der Waals surface area contributed by atoms with E-state index in [9.17, 15) is 8.42 Å². The summed E-state index contributed by atoms with van der Waals surface area (Å²) in [6.07, 6.45) is 24.6. The van der Waals surface area contributed by atoms with Crippen molar-refractivity contribution in [3.05, 3.63) is 0 Å². The van der Waals surface area contributed by atoms with Gasteiger partial charge in [0.2, 0.25) is 0 Å². The molecule has 0 aliphatic rings. The van der Waals surface area contributed by atoms with Crippen molar-refractivity contribution >= 4 is 79.9 Å². The molecule has 0 aromatic carbocycles. The van der Waals surface area contributed by atoms with Gasteiger partial charge in [0, 0.05) is 0 Å². The minimum atomic E-state index is -4.67. The van der Waals surface area contributed by atoms with Gasteiger partial charge < -0.3 is 0 Å². The number of hydrogen-bond acceptors (Lipinski definition) is 5. The maximum atomic E-state index is 10.3. The predicted octanol–water partition coefficient (Wildman–Crippen LogP) is 6.31. The molecule has 0 aliphatic heterocycles. The Kier molecular flexibility index (Phi) is 47.6. The molecule has 0 amide bonds. The zero-order chi connectivity index (χ0) is 25.8. The second-order valence-corrected chi connectivity index (χ2v) is 10.3. The summed E-state index contributed by atoms with van der Waals surface area (Å²) in [5.74, 6) is 0. The monoisotopic (exact) mass is 568 g/mol. The van der Waals surface area contributed by atoms with Gasteiger partial charge in [0.25, 0.3) is 0 Å². The van der Waals surface area contributed by atoms with Crippen LogP contribution in [0, 0.1) is 0 Å². The Labute approximate surface area is 261 Å². The molecule has 0 aliphatic carbocycles. The third-order valence-corrected chi connectivity index (χ3v) is 5.40. The summed E-state index contributed by atoms with van der Waals surface area (Å²) >= 11 is 0. The normalized spacial score (nSPS) is 10.7. The molecule has 0 heterocycles. The quantitative estimate of drug-likeness (QED) is 0.0882.